The summed E-state index contributed by atoms with van der Waals surface area (Å²) >= 11 is 3.17. The Morgan fingerprint density at radius 2 is 1.89 bits per heavy atom. The molecule has 0 saturated carbocycles. The van der Waals surface area contributed by atoms with Crippen LogP contribution in [-0.2, 0) is 10.0 Å². The summed E-state index contributed by atoms with van der Waals surface area (Å²) in [6.07, 6.45) is 0. The number of alkyl halides is 1. The van der Waals surface area contributed by atoms with E-state index in [0.29, 0.717) is 11.4 Å². The lowest BCUT2D eigenvalue weighted by Crippen LogP contribution is -2.38. The first-order valence-corrected chi connectivity index (χ1v) is 7.89. The lowest BCUT2D eigenvalue weighted by atomic mass is 10.3. The largest absolute Gasteiger partial charge is 0.243 e. The van der Waals surface area contributed by atoms with Gasteiger partial charge in [0, 0.05) is 17.9 Å². The van der Waals surface area contributed by atoms with E-state index < -0.39 is 21.7 Å². The molecule has 0 fully saturated rings. The van der Waals surface area contributed by atoms with Gasteiger partial charge in [-0.05, 0) is 32.0 Å². The highest BCUT2D eigenvalue weighted by atomic mass is 79.9. The highest BCUT2D eigenvalue weighted by Crippen LogP contribution is 2.20. The van der Waals surface area contributed by atoms with E-state index in [9.17, 15) is 17.2 Å². The van der Waals surface area contributed by atoms with Crippen molar-refractivity contribution in [2.24, 2.45) is 0 Å². The highest BCUT2D eigenvalue weighted by Gasteiger charge is 2.27. The number of nitrogens with zero attached hydrogens (tertiary/aromatic N) is 1. The second-order valence-corrected chi connectivity index (χ2v) is 6.66. The Morgan fingerprint density at radius 1 is 1.28 bits per heavy atom. The van der Waals surface area contributed by atoms with Gasteiger partial charge in [-0.1, -0.05) is 15.9 Å². The average molecular weight is 342 g/mol. The fourth-order valence-electron chi connectivity index (χ4n) is 1.51. The summed E-state index contributed by atoms with van der Waals surface area (Å²) in [5.41, 5.74) is 0. The van der Waals surface area contributed by atoms with E-state index in [1.807, 2.05) is 0 Å². The van der Waals surface area contributed by atoms with Crippen LogP contribution in [0.1, 0.15) is 13.8 Å². The number of hydrogen-bond acceptors (Lipinski definition) is 2. The molecule has 0 aromatic heterocycles. The third-order valence-corrected chi connectivity index (χ3v) is 4.80. The molecular formula is C11H14BrF2NO2S. The first-order valence-electron chi connectivity index (χ1n) is 5.33. The minimum atomic E-state index is -3.81. The molecule has 0 N–H and O–H groups in total. The van der Waals surface area contributed by atoms with Crippen LogP contribution < -0.4 is 0 Å². The summed E-state index contributed by atoms with van der Waals surface area (Å²) in [6.45, 7) is 3.71. The number of halogens is 3. The van der Waals surface area contributed by atoms with Crippen LogP contribution in [0, 0.1) is 11.6 Å². The second-order valence-electron chi connectivity index (χ2n) is 3.97. The van der Waals surface area contributed by atoms with Crippen molar-refractivity contribution in [2.45, 2.75) is 24.8 Å². The molecule has 1 aromatic rings. The van der Waals surface area contributed by atoms with Gasteiger partial charge >= 0.3 is 0 Å². The normalized spacial score (nSPS) is 12.4. The topological polar surface area (TPSA) is 37.4 Å². The first-order chi connectivity index (χ1) is 8.30. The van der Waals surface area contributed by atoms with E-state index >= 15 is 0 Å². The number of hydrogen-bond donors (Lipinski definition) is 0. The van der Waals surface area contributed by atoms with Gasteiger partial charge in [-0.2, -0.15) is 4.31 Å². The predicted octanol–water partition coefficient (Wildman–Crippen LogP) is 2.76. The Bertz CT molecular complexity index is 520. The van der Waals surface area contributed by atoms with Crippen LogP contribution in [-0.4, -0.2) is 30.6 Å². The summed E-state index contributed by atoms with van der Waals surface area (Å²) in [5, 5.41) is 0.466. The minimum absolute atomic E-state index is 0.240. The summed E-state index contributed by atoms with van der Waals surface area (Å²) in [6, 6.07) is 2.32. The third-order valence-electron chi connectivity index (χ3n) is 2.38. The van der Waals surface area contributed by atoms with Crippen molar-refractivity contribution in [3.05, 3.63) is 29.8 Å². The van der Waals surface area contributed by atoms with Crippen LogP contribution in [0.25, 0.3) is 0 Å². The van der Waals surface area contributed by atoms with Crippen molar-refractivity contribution in [1.82, 2.24) is 4.31 Å². The van der Waals surface area contributed by atoms with Gasteiger partial charge in [-0.15, -0.1) is 0 Å². The van der Waals surface area contributed by atoms with E-state index in [2.05, 4.69) is 15.9 Å². The first kappa shape index (κ1) is 15.5. The zero-order valence-electron chi connectivity index (χ0n) is 10.0. The summed E-state index contributed by atoms with van der Waals surface area (Å²) < 4.78 is 51.6. The van der Waals surface area contributed by atoms with Gasteiger partial charge in [0.2, 0.25) is 10.0 Å². The van der Waals surface area contributed by atoms with Crippen LogP contribution >= 0.6 is 15.9 Å². The van der Waals surface area contributed by atoms with Gasteiger partial charge in [0.05, 0.1) is 4.90 Å². The zero-order valence-corrected chi connectivity index (χ0v) is 12.4. The smallest absolute Gasteiger partial charge is 0.207 e. The molecule has 0 atom stereocenters. The molecule has 18 heavy (non-hydrogen) atoms. The fraction of sp³-hybridized carbons (Fsp3) is 0.455. The van der Waals surface area contributed by atoms with Crippen LogP contribution in [0.4, 0.5) is 8.78 Å². The van der Waals surface area contributed by atoms with E-state index in [1.165, 1.54) is 4.31 Å². The van der Waals surface area contributed by atoms with Crippen molar-refractivity contribution >= 4 is 26.0 Å². The van der Waals surface area contributed by atoms with Gasteiger partial charge in [0.1, 0.15) is 0 Å². The standard InChI is InChI=1S/C11H14BrF2NO2S/c1-8(2)15(6-5-12)18(16,17)9-3-4-10(13)11(14)7-9/h3-4,7-8H,5-6H2,1-2H3. The Morgan fingerprint density at radius 3 is 2.33 bits per heavy atom. The van der Waals surface area contributed by atoms with E-state index in [0.717, 1.165) is 12.1 Å². The predicted molar refractivity (Wildman–Crippen MR) is 69.2 cm³/mol. The van der Waals surface area contributed by atoms with Crippen molar-refractivity contribution < 1.29 is 17.2 Å². The monoisotopic (exact) mass is 341 g/mol. The lowest BCUT2D eigenvalue weighted by Gasteiger charge is -2.25. The SMILES string of the molecule is CC(C)N(CCBr)S(=O)(=O)c1ccc(F)c(F)c1. The molecule has 1 aromatic carbocycles. The van der Waals surface area contributed by atoms with Crippen LogP contribution in [0.2, 0.25) is 0 Å². The van der Waals surface area contributed by atoms with Gasteiger partial charge < -0.3 is 0 Å². The van der Waals surface area contributed by atoms with Crippen LogP contribution in [0.15, 0.2) is 23.1 Å². The summed E-state index contributed by atoms with van der Waals surface area (Å²) in [4.78, 5) is -0.240. The maximum atomic E-state index is 13.1. The molecular weight excluding hydrogens is 328 g/mol. The molecule has 0 aliphatic rings. The maximum absolute atomic E-state index is 13.1. The van der Waals surface area contributed by atoms with Crippen molar-refractivity contribution in [1.29, 1.82) is 0 Å². The summed E-state index contributed by atoms with van der Waals surface area (Å²) in [5.74, 6) is -2.23. The maximum Gasteiger partial charge on any atom is 0.243 e. The molecule has 0 heterocycles. The lowest BCUT2D eigenvalue weighted by molar-refractivity contribution is 0.371. The van der Waals surface area contributed by atoms with E-state index in [1.54, 1.807) is 13.8 Å². The minimum Gasteiger partial charge on any atom is -0.207 e. The van der Waals surface area contributed by atoms with Crippen molar-refractivity contribution in [3.63, 3.8) is 0 Å². The molecule has 0 saturated heterocycles. The Hall–Kier alpha value is -0.530. The zero-order chi connectivity index (χ0) is 13.9. The van der Waals surface area contributed by atoms with Gasteiger partial charge in [0.15, 0.2) is 11.6 Å². The molecule has 0 aliphatic heterocycles. The fourth-order valence-corrected chi connectivity index (χ4v) is 3.78. The Labute approximate surface area is 114 Å². The average Bonchev–Trinajstić information content (AvgIpc) is 2.28. The molecule has 0 aliphatic carbocycles. The van der Waals surface area contributed by atoms with Crippen molar-refractivity contribution in [3.8, 4) is 0 Å². The van der Waals surface area contributed by atoms with Gasteiger partial charge in [-0.3, -0.25) is 0 Å². The molecule has 0 bridgehead atoms. The molecule has 102 valence electrons. The quantitative estimate of drug-likeness (QED) is 0.772. The molecule has 0 unspecified atom stereocenters. The molecule has 3 nitrogen and oxygen atoms in total. The van der Waals surface area contributed by atoms with E-state index in [-0.39, 0.29) is 17.5 Å². The van der Waals surface area contributed by atoms with Crippen LogP contribution in [0.3, 0.4) is 0 Å². The number of benzene rings is 1. The van der Waals surface area contributed by atoms with Crippen molar-refractivity contribution in [2.75, 3.05) is 11.9 Å². The number of rotatable bonds is 5. The summed E-state index contributed by atoms with van der Waals surface area (Å²) in [7, 11) is -3.81. The van der Waals surface area contributed by atoms with E-state index in [4.69, 9.17) is 0 Å². The molecule has 0 radical (unpaired) electrons. The molecule has 1 rings (SSSR count). The number of sulfonamides is 1. The van der Waals surface area contributed by atoms with Crippen LogP contribution in [0.5, 0.6) is 0 Å². The second kappa shape index (κ2) is 6.08. The third kappa shape index (κ3) is 3.27. The Kier molecular flexibility index (Phi) is 5.24. The molecule has 0 spiro atoms. The highest BCUT2D eigenvalue weighted by molar-refractivity contribution is 9.09. The molecule has 7 heteroatoms. The van der Waals surface area contributed by atoms with Gasteiger partial charge in [-0.25, -0.2) is 17.2 Å². The Balaban J connectivity index is 3.22. The molecule has 0 amide bonds. The van der Waals surface area contributed by atoms with Gasteiger partial charge in [0.25, 0.3) is 0 Å².